The molecule has 0 radical (unpaired) electrons. The van der Waals surface area contributed by atoms with Crippen LogP contribution in [0.25, 0.3) is 0 Å². The molecular formula is C19H21F2NOS. The number of carbonyl (C=O) groups excluding carboxylic acids is 1. The number of thioether (sulfide) groups is 1. The third-order valence-electron chi connectivity index (χ3n) is 3.55. The van der Waals surface area contributed by atoms with Gasteiger partial charge in [-0.1, -0.05) is 51.1 Å². The number of rotatable bonds is 5. The molecule has 5 heteroatoms. The van der Waals surface area contributed by atoms with E-state index in [1.165, 1.54) is 23.4 Å². The Morgan fingerprint density at radius 3 is 2.17 bits per heavy atom. The first-order valence-electron chi connectivity index (χ1n) is 7.68. The van der Waals surface area contributed by atoms with E-state index < -0.39 is 23.2 Å². The molecule has 1 N–H and O–H groups in total. The standard InChI is InChI=1S/C19H21F2NOS/c1-19(2,3)14-9-7-13(8-10-14)11-24-12-17(23)22-18-15(20)5-4-6-16(18)21/h4-10H,11-12H2,1-3H3,(H,22,23). The Balaban J connectivity index is 1.85. The summed E-state index contributed by atoms with van der Waals surface area (Å²) in [6, 6.07) is 11.8. The molecule has 0 unspecified atom stereocenters. The third-order valence-corrected chi connectivity index (χ3v) is 4.55. The molecule has 0 aliphatic carbocycles. The molecule has 0 fully saturated rings. The molecule has 1 amide bonds. The maximum Gasteiger partial charge on any atom is 0.234 e. The van der Waals surface area contributed by atoms with Gasteiger partial charge in [0, 0.05) is 5.75 Å². The summed E-state index contributed by atoms with van der Waals surface area (Å²) in [7, 11) is 0. The Labute approximate surface area is 145 Å². The highest BCUT2D eigenvalue weighted by atomic mass is 32.2. The van der Waals surface area contributed by atoms with E-state index in [0.717, 1.165) is 17.7 Å². The monoisotopic (exact) mass is 349 g/mol. The molecular weight excluding hydrogens is 328 g/mol. The lowest BCUT2D eigenvalue weighted by Crippen LogP contribution is -2.16. The van der Waals surface area contributed by atoms with Crippen molar-refractivity contribution in [2.24, 2.45) is 0 Å². The summed E-state index contributed by atoms with van der Waals surface area (Å²) in [6.07, 6.45) is 0. The normalized spacial score (nSPS) is 11.4. The van der Waals surface area contributed by atoms with E-state index in [-0.39, 0.29) is 11.2 Å². The summed E-state index contributed by atoms with van der Waals surface area (Å²) in [4.78, 5) is 11.8. The van der Waals surface area contributed by atoms with Crippen LogP contribution in [0.15, 0.2) is 42.5 Å². The molecule has 2 rings (SSSR count). The zero-order valence-electron chi connectivity index (χ0n) is 14.0. The first-order valence-corrected chi connectivity index (χ1v) is 8.84. The van der Waals surface area contributed by atoms with E-state index in [1.807, 2.05) is 12.1 Å². The number of halogens is 2. The van der Waals surface area contributed by atoms with Crippen molar-refractivity contribution < 1.29 is 13.6 Å². The van der Waals surface area contributed by atoms with Crippen LogP contribution in [0.2, 0.25) is 0 Å². The summed E-state index contributed by atoms with van der Waals surface area (Å²) < 4.78 is 26.9. The van der Waals surface area contributed by atoms with Crippen LogP contribution in [0.5, 0.6) is 0 Å². The van der Waals surface area contributed by atoms with Crippen LogP contribution in [0.1, 0.15) is 31.9 Å². The van der Waals surface area contributed by atoms with Crippen molar-refractivity contribution in [3.8, 4) is 0 Å². The van der Waals surface area contributed by atoms with Crippen molar-refractivity contribution in [3.05, 3.63) is 65.2 Å². The van der Waals surface area contributed by atoms with Crippen molar-refractivity contribution in [1.29, 1.82) is 0 Å². The smallest absolute Gasteiger partial charge is 0.234 e. The maximum absolute atomic E-state index is 13.5. The lowest BCUT2D eigenvalue weighted by atomic mass is 9.87. The van der Waals surface area contributed by atoms with Crippen molar-refractivity contribution in [2.45, 2.75) is 31.9 Å². The number of para-hydroxylation sites is 1. The second-order valence-corrected chi connectivity index (χ2v) is 7.57. The molecule has 24 heavy (non-hydrogen) atoms. The molecule has 2 aromatic carbocycles. The number of nitrogens with one attached hydrogen (secondary N) is 1. The number of hydrogen-bond donors (Lipinski definition) is 1. The Kier molecular flexibility index (Phi) is 5.99. The summed E-state index contributed by atoms with van der Waals surface area (Å²) in [5.41, 5.74) is 2.08. The summed E-state index contributed by atoms with van der Waals surface area (Å²) in [5, 5.41) is 2.28. The number of amides is 1. The van der Waals surface area contributed by atoms with Gasteiger partial charge in [-0.3, -0.25) is 4.79 Å². The molecule has 0 saturated heterocycles. The fourth-order valence-electron chi connectivity index (χ4n) is 2.16. The minimum atomic E-state index is -0.772. The fraction of sp³-hybridized carbons (Fsp3) is 0.316. The van der Waals surface area contributed by atoms with E-state index in [9.17, 15) is 13.6 Å². The molecule has 0 aliphatic heterocycles. The predicted octanol–water partition coefficient (Wildman–Crippen LogP) is 5.13. The van der Waals surface area contributed by atoms with Crippen LogP contribution < -0.4 is 5.32 Å². The van der Waals surface area contributed by atoms with Gasteiger partial charge in [-0.15, -0.1) is 11.8 Å². The van der Waals surface area contributed by atoms with Crippen LogP contribution in [-0.4, -0.2) is 11.7 Å². The SMILES string of the molecule is CC(C)(C)c1ccc(CSCC(=O)Nc2c(F)cccc2F)cc1. The van der Waals surface area contributed by atoms with E-state index in [0.29, 0.717) is 5.75 Å². The van der Waals surface area contributed by atoms with Gasteiger partial charge in [-0.25, -0.2) is 8.78 Å². The fourth-order valence-corrected chi connectivity index (χ4v) is 2.94. The number of benzene rings is 2. The minimum Gasteiger partial charge on any atom is -0.320 e. The number of hydrogen-bond acceptors (Lipinski definition) is 2. The molecule has 128 valence electrons. The molecule has 0 atom stereocenters. The summed E-state index contributed by atoms with van der Waals surface area (Å²) in [5.74, 6) is -1.17. The highest BCUT2D eigenvalue weighted by Gasteiger charge is 2.13. The van der Waals surface area contributed by atoms with Crippen molar-refractivity contribution in [1.82, 2.24) is 0 Å². The highest BCUT2D eigenvalue weighted by Crippen LogP contribution is 2.23. The van der Waals surface area contributed by atoms with Gasteiger partial charge < -0.3 is 5.32 Å². The second-order valence-electron chi connectivity index (χ2n) is 6.58. The third kappa shape index (κ3) is 5.06. The van der Waals surface area contributed by atoms with E-state index in [4.69, 9.17) is 0 Å². The van der Waals surface area contributed by atoms with Crippen LogP contribution in [0, 0.1) is 11.6 Å². The van der Waals surface area contributed by atoms with E-state index in [2.05, 4.69) is 38.2 Å². The molecule has 0 aliphatic rings. The Hall–Kier alpha value is -1.88. The summed E-state index contributed by atoms with van der Waals surface area (Å²) >= 11 is 1.40. The maximum atomic E-state index is 13.5. The van der Waals surface area contributed by atoms with Crippen molar-refractivity contribution >= 4 is 23.4 Å². The number of carbonyl (C=O) groups is 1. The molecule has 0 heterocycles. The lowest BCUT2D eigenvalue weighted by Gasteiger charge is -2.19. The quantitative estimate of drug-likeness (QED) is 0.810. The average Bonchev–Trinajstić information content (AvgIpc) is 2.51. The molecule has 0 aromatic heterocycles. The molecule has 2 nitrogen and oxygen atoms in total. The Morgan fingerprint density at radius 1 is 1.04 bits per heavy atom. The lowest BCUT2D eigenvalue weighted by molar-refractivity contribution is -0.113. The van der Waals surface area contributed by atoms with Gasteiger partial charge in [-0.05, 0) is 28.7 Å². The highest BCUT2D eigenvalue weighted by molar-refractivity contribution is 7.99. The Bertz CT molecular complexity index is 688. The van der Waals surface area contributed by atoms with Crippen LogP contribution in [-0.2, 0) is 16.0 Å². The zero-order valence-corrected chi connectivity index (χ0v) is 14.8. The van der Waals surface area contributed by atoms with Gasteiger partial charge in [0.25, 0.3) is 0 Å². The van der Waals surface area contributed by atoms with E-state index >= 15 is 0 Å². The Morgan fingerprint density at radius 2 is 1.62 bits per heavy atom. The first kappa shape index (κ1) is 18.5. The molecule has 0 bridgehead atoms. The van der Waals surface area contributed by atoms with Crippen LogP contribution in [0.3, 0.4) is 0 Å². The zero-order chi connectivity index (χ0) is 17.7. The van der Waals surface area contributed by atoms with Crippen molar-refractivity contribution in [3.63, 3.8) is 0 Å². The summed E-state index contributed by atoms with van der Waals surface area (Å²) in [6.45, 7) is 6.47. The topological polar surface area (TPSA) is 29.1 Å². The predicted molar refractivity (Wildman–Crippen MR) is 96.3 cm³/mol. The molecule has 2 aromatic rings. The van der Waals surface area contributed by atoms with Gasteiger partial charge in [0.15, 0.2) is 0 Å². The molecule has 0 saturated carbocycles. The van der Waals surface area contributed by atoms with Crippen molar-refractivity contribution in [2.75, 3.05) is 11.1 Å². The van der Waals surface area contributed by atoms with Crippen LogP contribution in [0.4, 0.5) is 14.5 Å². The number of anilines is 1. The van der Waals surface area contributed by atoms with Crippen LogP contribution >= 0.6 is 11.8 Å². The first-order chi connectivity index (χ1) is 11.3. The second kappa shape index (κ2) is 7.79. The average molecular weight is 349 g/mol. The largest absolute Gasteiger partial charge is 0.320 e. The van der Waals surface area contributed by atoms with Gasteiger partial charge in [0.05, 0.1) is 5.75 Å². The minimum absolute atomic E-state index is 0.107. The van der Waals surface area contributed by atoms with Gasteiger partial charge in [-0.2, -0.15) is 0 Å². The van der Waals surface area contributed by atoms with Gasteiger partial charge in [0.1, 0.15) is 17.3 Å². The van der Waals surface area contributed by atoms with E-state index in [1.54, 1.807) is 0 Å². The van der Waals surface area contributed by atoms with Gasteiger partial charge >= 0.3 is 0 Å². The molecule has 0 spiro atoms. The van der Waals surface area contributed by atoms with Gasteiger partial charge in [0.2, 0.25) is 5.91 Å².